The summed E-state index contributed by atoms with van der Waals surface area (Å²) < 4.78 is 152. The van der Waals surface area contributed by atoms with Gasteiger partial charge in [-0.1, -0.05) is 20.3 Å². The quantitative estimate of drug-likeness (QED) is 0.258. The second kappa shape index (κ2) is 15.1. The van der Waals surface area contributed by atoms with Crippen molar-refractivity contribution in [2.75, 3.05) is 36.0 Å². The second-order valence-corrected chi connectivity index (χ2v) is 9.11. The van der Waals surface area contributed by atoms with E-state index < -0.39 is 60.0 Å². The summed E-state index contributed by atoms with van der Waals surface area (Å²) in [5.41, 5.74) is -4.09. The molecule has 16 heteroatoms. The van der Waals surface area contributed by atoms with E-state index >= 15 is 0 Å². The number of halogens is 12. The topological polar surface area (TPSA) is 54.1 Å². The molecule has 2 aromatic carbocycles. The number of rotatable bonds is 9. The lowest BCUT2D eigenvalue weighted by atomic mass is 10.1. The summed E-state index contributed by atoms with van der Waals surface area (Å²) in [6, 6.07) is 7.95. The Morgan fingerprint density at radius 1 is 0.581 bits per heavy atom. The van der Waals surface area contributed by atoms with Crippen LogP contribution in [0, 0.1) is 22.7 Å². The number of benzene rings is 2. The third-order valence-corrected chi connectivity index (χ3v) is 5.60. The number of unbranched alkanes of at least 4 members (excludes halogenated alkanes) is 1. The zero-order valence-corrected chi connectivity index (χ0v) is 22.7. The van der Waals surface area contributed by atoms with Crippen LogP contribution in [-0.4, -0.2) is 38.5 Å². The first-order valence-electron chi connectivity index (χ1n) is 12.5. The molecule has 0 heterocycles. The summed E-state index contributed by atoms with van der Waals surface area (Å²) in [6.45, 7) is 0.658. The fourth-order valence-corrected chi connectivity index (χ4v) is 3.77. The predicted octanol–water partition coefficient (Wildman–Crippen LogP) is 9.10. The maximum Gasteiger partial charge on any atom is 0.417 e. The highest BCUT2D eigenvalue weighted by Crippen LogP contribution is 2.36. The van der Waals surface area contributed by atoms with Crippen molar-refractivity contribution in [1.82, 2.24) is 0 Å². The Labute approximate surface area is 239 Å². The molecule has 0 aliphatic carbocycles. The molecule has 0 atom stereocenters. The number of nitriles is 2. The van der Waals surface area contributed by atoms with E-state index in [0.29, 0.717) is 31.4 Å². The zero-order valence-electron chi connectivity index (χ0n) is 22.7. The summed E-state index contributed by atoms with van der Waals surface area (Å²) >= 11 is 0. The lowest BCUT2D eigenvalue weighted by Gasteiger charge is -2.26. The van der Waals surface area contributed by atoms with E-state index in [1.807, 2.05) is 0 Å². The average molecular weight is 635 g/mol. The normalized spacial score (nSPS) is 12.1. The maximum absolute atomic E-state index is 12.9. The number of hydrogen-bond donors (Lipinski definition) is 0. The van der Waals surface area contributed by atoms with Crippen LogP contribution < -0.4 is 9.80 Å². The van der Waals surface area contributed by atoms with Gasteiger partial charge in [0.25, 0.3) is 0 Å². The molecule has 0 saturated heterocycles. The van der Waals surface area contributed by atoms with Crippen molar-refractivity contribution in [3.8, 4) is 12.1 Å². The molecule has 43 heavy (non-hydrogen) atoms. The van der Waals surface area contributed by atoms with E-state index in [-0.39, 0.29) is 24.5 Å². The van der Waals surface area contributed by atoms with Crippen molar-refractivity contribution < 1.29 is 52.7 Å². The fourth-order valence-electron chi connectivity index (χ4n) is 3.77. The van der Waals surface area contributed by atoms with E-state index in [9.17, 15) is 52.7 Å². The van der Waals surface area contributed by atoms with Crippen molar-refractivity contribution in [2.45, 2.75) is 57.8 Å². The molecule has 0 aromatic heterocycles. The highest BCUT2D eigenvalue weighted by Gasteiger charge is 2.37. The summed E-state index contributed by atoms with van der Waals surface area (Å²) in [5, 5.41) is 17.4. The number of hydrogen-bond acceptors (Lipinski definition) is 4. The Balaban J connectivity index is 0.000000430. The molecule has 0 saturated carbocycles. The second-order valence-electron chi connectivity index (χ2n) is 9.11. The van der Waals surface area contributed by atoms with E-state index in [1.54, 1.807) is 13.8 Å². The van der Waals surface area contributed by atoms with Gasteiger partial charge in [0.2, 0.25) is 0 Å². The Bertz CT molecular complexity index is 1270. The number of nitrogens with zero attached hydrogens (tertiary/aromatic N) is 4. The van der Waals surface area contributed by atoms with Gasteiger partial charge in [-0.05, 0) is 49.2 Å². The van der Waals surface area contributed by atoms with Gasteiger partial charge in [0.05, 0.1) is 34.4 Å². The van der Waals surface area contributed by atoms with Gasteiger partial charge in [-0.2, -0.15) is 63.2 Å². The van der Waals surface area contributed by atoms with Crippen LogP contribution in [0.5, 0.6) is 0 Å². The van der Waals surface area contributed by atoms with Gasteiger partial charge in [0.15, 0.2) is 0 Å². The van der Waals surface area contributed by atoms with E-state index in [4.69, 9.17) is 10.5 Å². The molecule has 238 valence electrons. The van der Waals surface area contributed by atoms with Crippen LogP contribution in [0.25, 0.3) is 0 Å². The highest BCUT2D eigenvalue weighted by molar-refractivity contribution is 5.56. The summed E-state index contributed by atoms with van der Waals surface area (Å²) in [5.74, 6) is 0. The number of anilines is 2. The molecule has 0 bridgehead atoms. The maximum atomic E-state index is 12.9. The molecule has 0 spiro atoms. The molecule has 0 unspecified atom stereocenters. The molecule has 2 rings (SSSR count). The van der Waals surface area contributed by atoms with E-state index in [2.05, 4.69) is 0 Å². The van der Waals surface area contributed by atoms with Crippen LogP contribution in [-0.2, 0) is 12.4 Å². The van der Waals surface area contributed by atoms with Gasteiger partial charge in [-0.15, -0.1) is 0 Å². The molecule has 0 amide bonds. The number of alkyl halides is 12. The van der Waals surface area contributed by atoms with Gasteiger partial charge < -0.3 is 9.80 Å². The standard InChI is InChI=1S/C14H14F6N2.C13H12F6N2/c1-2-3-6-22(9-13(15,16)17)11-5-4-10(8-21)12(7-11)14(18,19)20;1-2-5-21(8-12(14,15)16)10-4-3-9(7-20)11(6-10)13(17,18)19/h4-5,7H,2-3,6,9H2,1H3;3-4,6H,2,5,8H2,1H3. The lowest BCUT2D eigenvalue weighted by Crippen LogP contribution is -2.35. The Kier molecular flexibility index (Phi) is 13.0. The van der Waals surface area contributed by atoms with Crippen LogP contribution in [0.3, 0.4) is 0 Å². The van der Waals surface area contributed by atoms with Crippen LogP contribution in [0.2, 0.25) is 0 Å². The van der Waals surface area contributed by atoms with Crippen molar-refractivity contribution in [3.05, 3.63) is 58.7 Å². The molecule has 4 nitrogen and oxygen atoms in total. The first-order valence-corrected chi connectivity index (χ1v) is 12.5. The molecule has 0 N–H and O–H groups in total. The molecule has 0 aliphatic heterocycles. The van der Waals surface area contributed by atoms with Gasteiger partial charge in [0, 0.05) is 24.5 Å². The smallest absolute Gasteiger partial charge is 0.363 e. The first-order chi connectivity index (χ1) is 19.7. The van der Waals surface area contributed by atoms with E-state index in [1.165, 1.54) is 12.1 Å². The van der Waals surface area contributed by atoms with Gasteiger partial charge in [-0.25, -0.2) is 0 Å². The van der Waals surface area contributed by atoms with Crippen LogP contribution in [0.4, 0.5) is 64.1 Å². The Morgan fingerprint density at radius 2 is 0.953 bits per heavy atom. The zero-order chi connectivity index (χ0) is 33.2. The monoisotopic (exact) mass is 634 g/mol. The van der Waals surface area contributed by atoms with E-state index in [0.717, 1.165) is 34.1 Å². The van der Waals surface area contributed by atoms with Crippen molar-refractivity contribution in [2.24, 2.45) is 0 Å². The van der Waals surface area contributed by atoms with Gasteiger partial charge in [0.1, 0.15) is 13.1 Å². The molecule has 2 aromatic rings. The van der Waals surface area contributed by atoms with Crippen molar-refractivity contribution in [3.63, 3.8) is 0 Å². The average Bonchev–Trinajstić information content (AvgIpc) is 2.88. The third kappa shape index (κ3) is 12.5. The third-order valence-electron chi connectivity index (χ3n) is 5.60. The van der Waals surface area contributed by atoms with Crippen LogP contribution >= 0.6 is 0 Å². The predicted molar refractivity (Wildman–Crippen MR) is 134 cm³/mol. The molecular formula is C27H26F12N4. The Morgan fingerprint density at radius 3 is 1.23 bits per heavy atom. The summed E-state index contributed by atoms with van der Waals surface area (Å²) in [6.07, 6.45) is -17.3. The fraction of sp³-hybridized carbons (Fsp3) is 0.481. The lowest BCUT2D eigenvalue weighted by molar-refractivity contribution is -0.138. The largest absolute Gasteiger partial charge is 0.417 e. The van der Waals surface area contributed by atoms with Crippen molar-refractivity contribution in [1.29, 1.82) is 10.5 Å². The SMILES string of the molecule is CCCCN(CC(F)(F)F)c1ccc(C#N)c(C(F)(F)F)c1.CCCN(CC(F)(F)F)c1ccc(C#N)c(C(F)(F)F)c1. The molecule has 0 aliphatic rings. The Hall–Kier alpha value is -3.82. The molecular weight excluding hydrogens is 608 g/mol. The van der Waals surface area contributed by atoms with Gasteiger partial charge >= 0.3 is 24.7 Å². The van der Waals surface area contributed by atoms with Crippen molar-refractivity contribution >= 4 is 11.4 Å². The first kappa shape index (κ1) is 37.2. The van der Waals surface area contributed by atoms with Crippen LogP contribution in [0.15, 0.2) is 36.4 Å². The van der Waals surface area contributed by atoms with Gasteiger partial charge in [-0.3, -0.25) is 0 Å². The minimum Gasteiger partial charge on any atom is -0.363 e. The van der Waals surface area contributed by atoms with Crippen LogP contribution in [0.1, 0.15) is 55.4 Å². The molecule has 0 fully saturated rings. The minimum atomic E-state index is -4.80. The summed E-state index contributed by atoms with van der Waals surface area (Å²) in [7, 11) is 0. The minimum absolute atomic E-state index is 0.0147. The molecule has 0 radical (unpaired) electrons. The summed E-state index contributed by atoms with van der Waals surface area (Å²) in [4.78, 5) is 1.66. The highest BCUT2D eigenvalue weighted by atomic mass is 19.4.